The quantitative estimate of drug-likeness (QED) is 0.247. The highest BCUT2D eigenvalue weighted by molar-refractivity contribution is 7.80. The van der Waals surface area contributed by atoms with E-state index in [1.165, 1.54) is 29.1 Å². The van der Waals surface area contributed by atoms with Crippen molar-refractivity contribution in [3.63, 3.8) is 0 Å². The molecule has 0 aliphatic rings. The number of rotatable bonds is 5. The number of hydrogen-bond acceptors (Lipinski definition) is 6. The first-order valence-corrected chi connectivity index (χ1v) is 9.12. The first-order valence-electron chi connectivity index (χ1n) is 8.71. The number of hydrogen-bond donors (Lipinski definition) is 3. The molecular weight excluding hydrogens is 408 g/mol. The van der Waals surface area contributed by atoms with Crippen molar-refractivity contribution in [2.75, 3.05) is 5.32 Å². The zero-order valence-corrected chi connectivity index (χ0v) is 16.9. The van der Waals surface area contributed by atoms with Gasteiger partial charge in [0.05, 0.1) is 22.5 Å². The van der Waals surface area contributed by atoms with E-state index in [4.69, 9.17) is 12.2 Å². The minimum atomic E-state index is -0.577. The van der Waals surface area contributed by atoms with Gasteiger partial charge in [0.15, 0.2) is 5.11 Å². The molecule has 0 fully saturated rings. The number of nitro groups is 1. The van der Waals surface area contributed by atoms with Gasteiger partial charge in [0.1, 0.15) is 11.4 Å². The summed E-state index contributed by atoms with van der Waals surface area (Å²) in [6.07, 6.45) is 1.19. The van der Waals surface area contributed by atoms with Crippen LogP contribution in [-0.4, -0.2) is 30.7 Å². The van der Waals surface area contributed by atoms with Crippen LogP contribution in [0.15, 0.2) is 58.4 Å². The van der Waals surface area contributed by atoms with E-state index in [1.54, 1.807) is 18.7 Å². The summed E-state index contributed by atoms with van der Waals surface area (Å²) in [5, 5.41) is 27.4. The maximum atomic E-state index is 12.8. The van der Waals surface area contributed by atoms with Crippen LogP contribution in [0.3, 0.4) is 0 Å². The van der Waals surface area contributed by atoms with Gasteiger partial charge in [-0.3, -0.25) is 25.0 Å². The molecule has 0 unspecified atom stereocenters. The van der Waals surface area contributed by atoms with Gasteiger partial charge in [-0.2, -0.15) is 5.10 Å². The molecule has 3 N–H and O–H groups in total. The van der Waals surface area contributed by atoms with Crippen molar-refractivity contribution in [2.24, 2.45) is 12.1 Å². The third-order valence-electron chi connectivity index (χ3n) is 4.38. The average molecular weight is 426 g/mol. The van der Waals surface area contributed by atoms with Crippen LogP contribution in [0.2, 0.25) is 0 Å². The first-order chi connectivity index (χ1) is 14.3. The van der Waals surface area contributed by atoms with Gasteiger partial charge < -0.3 is 10.4 Å². The van der Waals surface area contributed by atoms with Gasteiger partial charge in [-0.1, -0.05) is 18.2 Å². The minimum absolute atomic E-state index is 0.0437. The zero-order chi connectivity index (χ0) is 21.8. The second-order valence-electron chi connectivity index (χ2n) is 6.26. The summed E-state index contributed by atoms with van der Waals surface area (Å²) in [6, 6.07) is 12.7. The first kappa shape index (κ1) is 20.7. The Morgan fingerprint density at radius 1 is 1.27 bits per heavy atom. The molecule has 0 saturated heterocycles. The van der Waals surface area contributed by atoms with Crippen molar-refractivity contribution in [3.8, 4) is 11.4 Å². The SMILES string of the molecule is Cc1c(NC(=S)N/N=C\c2cc([N+](=O)[O-])ccc2O)c(=O)n(-c2ccccc2)n1C. The Kier molecular flexibility index (Phi) is 5.93. The van der Waals surface area contributed by atoms with E-state index in [9.17, 15) is 20.0 Å². The molecule has 1 aromatic heterocycles. The fraction of sp³-hybridized carbons (Fsp3) is 0.105. The van der Waals surface area contributed by atoms with Crippen LogP contribution >= 0.6 is 12.2 Å². The van der Waals surface area contributed by atoms with Crippen LogP contribution < -0.4 is 16.3 Å². The Balaban J connectivity index is 1.76. The molecule has 0 radical (unpaired) electrons. The summed E-state index contributed by atoms with van der Waals surface area (Å²) < 4.78 is 3.21. The van der Waals surface area contributed by atoms with Gasteiger partial charge in [-0.05, 0) is 37.3 Å². The van der Waals surface area contributed by atoms with Crippen molar-refractivity contribution < 1.29 is 10.0 Å². The molecule has 154 valence electrons. The lowest BCUT2D eigenvalue weighted by Crippen LogP contribution is -2.28. The summed E-state index contributed by atoms with van der Waals surface area (Å²) >= 11 is 5.18. The maximum absolute atomic E-state index is 12.8. The molecule has 0 amide bonds. The number of thiocarbonyl (C=S) groups is 1. The zero-order valence-electron chi connectivity index (χ0n) is 16.1. The standard InChI is InChI=1S/C19H18N6O4S/c1-12-17(18(27)24(23(12)2)14-6-4-3-5-7-14)21-19(30)22-20-11-13-10-15(25(28)29)8-9-16(13)26/h3-11,26H,1-2H3,(H2,21,22,30)/b20-11-. The molecule has 0 saturated carbocycles. The lowest BCUT2D eigenvalue weighted by atomic mass is 10.2. The third kappa shape index (κ3) is 4.20. The number of phenolic OH excluding ortho intramolecular Hbond substituents is 1. The number of nitrogens with zero attached hydrogens (tertiary/aromatic N) is 4. The van der Waals surface area contributed by atoms with Gasteiger partial charge in [-0.15, -0.1) is 0 Å². The molecule has 0 aliphatic carbocycles. The predicted molar refractivity (Wildman–Crippen MR) is 117 cm³/mol. The van der Waals surface area contributed by atoms with Crippen LogP contribution in [-0.2, 0) is 7.05 Å². The summed E-state index contributed by atoms with van der Waals surface area (Å²) in [5.74, 6) is -0.172. The van der Waals surface area contributed by atoms with Crippen molar-refractivity contribution in [1.82, 2.24) is 14.8 Å². The fourth-order valence-electron chi connectivity index (χ4n) is 2.77. The molecule has 2 aromatic carbocycles. The second-order valence-corrected chi connectivity index (χ2v) is 6.67. The number of benzene rings is 2. The molecular formula is C19H18N6O4S. The number of nitrogens with one attached hydrogen (secondary N) is 2. The topological polar surface area (TPSA) is 127 Å². The summed E-state index contributed by atoms with van der Waals surface area (Å²) in [7, 11) is 1.76. The molecule has 0 atom stereocenters. The summed E-state index contributed by atoms with van der Waals surface area (Å²) in [5.41, 5.74) is 3.85. The van der Waals surface area contributed by atoms with E-state index in [1.807, 2.05) is 30.3 Å². The van der Waals surface area contributed by atoms with Crippen LogP contribution in [0.4, 0.5) is 11.4 Å². The Bertz CT molecular complexity index is 1200. The number of aromatic nitrogens is 2. The monoisotopic (exact) mass is 426 g/mol. The predicted octanol–water partition coefficient (Wildman–Crippen LogP) is 2.42. The van der Waals surface area contributed by atoms with Gasteiger partial charge in [0.25, 0.3) is 11.2 Å². The Morgan fingerprint density at radius 2 is 1.97 bits per heavy atom. The summed E-state index contributed by atoms with van der Waals surface area (Å²) in [4.78, 5) is 23.1. The van der Waals surface area contributed by atoms with Gasteiger partial charge in [0, 0.05) is 24.7 Å². The van der Waals surface area contributed by atoms with Crippen molar-refractivity contribution in [2.45, 2.75) is 6.92 Å². The van der Waals surface area contributed by atoms with E-state index in [-0.39, 0.29) is 33.4 Å². The van der Waals surface area contributed by atoms with Crippen molar-refractivity contribution >= 4 is 34.9 Å². The number of phenols is 1. The summed E-state index contributed by atoms with van der Waals surface area (Å²) in [6.45, 7) is 1.77. The maximum Gasteiger partial charge on any atom is 0.295 e. The number of nitro benzene ring substituents is 1. The molecule has 1 heterocycles. The number of anilines is 1. The number of para-hydroxylation sites is 1. The lowest BCUT2D eigenvalue weighted by molar-refractivity contribution is -0.384. The molecule has 10 nitrogen and oxygen atoms in total. The number of non-ortho nitro benzene ring substituents is 1. The normalized spacial score (nSPS) is 10.9. The van der Waals surface area contributed by atoms with Gasteiger partial charge >= 0.3 is 0 Å². The van der Waals surface area contributed by atoms with Crippen LogP contribution in [0.5, 0.6) is 5.75 Å². The van der Waals surface area contributed by atoms with Gasteiger partial charge in [0.2, 0.25) is 0 Å². The highest BCUT2D eigenvalue weighted by atomic mass is 32.1. The van der Waals surface area contributed by atoms with E-state index < -0.39 is 4.92 Å². The Morgan fingerprint density at radius 3 is 2.63 bits per heavy atom. The van der Waals surface area contributed by atoms with Gasteiger partial charge in [-0.25, -0.2) is 4.68 Å². The highest BCUT2D eigenvalue weighted by Crippen LogP contribution is 2.21. The molecule has 11 heteroatoms. The van der Waals surface area contributed by atoms with Crippen LogP contribution in [0, 0.1) is 17.0 Å². The van der Waals surface area contributed by atoms with E-state index in [2.05, 4.69) is 15.8 Å². The van der Waals surface area contributed by atoms with Crippen molar-refractivity contribution in [3.05, 3.63) is 80.3 Å². The molecule has 3 rings (SSSR count). The van der Waals surface area contributed by atoms with Crippen LogP contribution in [0.25, 0.3) is 5.69 Å². The van der Waals surface area contributed by atoms with E-state index in [0.717, 1.165) is 0 Å². The Hall–Kier alpha value is -3.99. The lowest BCUT2D eigenvalue weighted by Gasteiger charge is -2.07. The molecule has 0 spiro atoms. The molecule has 0 aliphatic heterocycles. The fourth-order valence-corrected chi connectivity index (χ4v) is 2.93. The Labute approximate surface area is 176 Å². The highest BCUT2D eigenvalue weighted by Gasteiger charge is 2.16. The number of hydrazone groups is 1. The van der Waals surface area contributed by atoms with Crippen molar-refractivity contribution in [1.29, 1.82) is 0 Å². The minimum Gasteiger partial charge on any atom is -0.507 e. The molecule has 30 heavy (non-hydrogen) atoms. The third-order valence-corrected chi connectivity index (χ3v) is 4.58. The molecule has 0 bridgehead atoms. The number of aromatic hydroxyl groups is 1. The largest absolute Gasteiger partial charge is 0.507 e. The second kappa shape index (κ2) is 8.57. The van der Waals surface area contributed by atoms with Crippen LogP contribution in [0.1, 0.15) is 11.3 Å². The smallest absolute Gasteiger partial charge is 0.295 e. The van der Waals surface area contributed by atoms with E-state index in [0.29, 0.717) is 11.4 Å². The molecule has 3 aromatic rings. The van der Waals surface area contributed by atoms with E-state index >= 15 is 0 Å². The average Bonchev–Trinajstić information content (AvgIpc) is 2.93.